The molecule has 3 aromatic carbocycles. The summed E-state index contributed by atoms with van der Waals surface area (Å²) in [5, 5.41) is 11.4. The Balaban J connectivity index is 1.40. The lowest BCUT2D eigenvalue weighted by atomic mass is 10.1. The highest BCUT2D eigenvalue weighted by Gasteiger charge is 2.07. The highest BCUT2D eigenvalue weighted by atomic mass is 16.1. The number of amides is 1. The molecule has 0 aliphatic carbocycles. The number of aryl methyl sites for hydroxylation is 1. The van der Waals surface area contributed by atoms with Gasteiger partial charge in [0.05, 0.1) is 12.7 Å². The standard InChI is InChI=1S/C23H20N4O/c1-17-7-11-20(12-8-17)23(28)24-21-13-9-18(10-14-21)15-27-16-22(25-26-27)19-5-3-2-4-6-19/h2-14,16H,15H2,1H3,(H,24,28). The fourth-order valence-electron chi connectivity index (χ4n) is 2.91. The molecule has 1 heterocycles. The Morgan fingerprint density at radius 2 is 1.64 bits per heavy atom. The zero-order chi connectivity index (χ0) is 19.3. The van der Waals surface area contributed by atoms with Gasteiger partial charge >= 0.3 is 0 Å². The molecule has 0 fully saturated rings. The van der Waals surface area contributed by atoms with E-state index in [0.29, 0.717) is 12.1 Å². The van der Waals surface area contributed by atoms with E-state index in [1.807, 2.05) is 96.7 Å². The largest absolute Gasteiger partial charge is 0.322 e. The van der Waals surface area contributed by atoms with E-state index in [4.69, 9.17) is 0 Å². The zero-order valence-electron chi connectivity index (χ0n) is 15.5. The van der Waals surface area contributed by atoms with Gasteiger partial charge in [-0.15, -0.1) is 5.10 Å². The minimum Gasteiger partial charge on any atom is -0.322 e. The van der Waals surface area contributed by atoms with Crippen LogP contribution in [0.15, 0.2) is 85.1 Å². The number of hydrogen-bond acceptors (Lipinski definition) is 3. The number of carbonyl (C=O) groups excluding carboxylic acids is 1. The Morgan fingerprint density at radius 3 is 2.36 bits per heavy atom. The molecule has 138 valence electrons. The average Bonchev–Trinajstić information content (AvgIpc) is 3.19. The molecule has 0 saturated carbocycles. The lowest BCUT2D eigenvalue weighted by Crippen LogP contribution is -2.11. The van der Waals surface area contributed by atoms with Crippen LogP contribution in [-0.4, -0.2) is 20.9 Å². The smallest absolute Gasteiger partial charge is 0.255 e. The highest BCUT2D eigenvalue weighted by molar-refractivity contribution is 6.04. The molecule has 4 aromatic rings. The predicted molar refractivity (Wildman–Crippen MR) is 110 cm³/mol. The third-order valence-electron chi connectivity index (χ3n) is 4.48. The number of nitrogens with one attached hydrogen (secondary N) is 1. The van der Waals surface area contributed by atoms with E-state index in [-0.39, 0.29) is 5.91 Å². The van der Waals surface area contributed by atoms with Gasteiger partial charge in [0.2, 0.25) is 0 Å². The Bertz CT molecular complexity index is 1070. The lowest BCUT2D eigenvalue weighted by Gasteiger charge is -2.07. The van der Waals surface area contributed by atoms with Crippen LogP contribution in [0.5, 0.6) is 0 Å². The second kappa shape index (κ2) is 7.88. The van der Waals surface area contributed by atoms with Gasteiger partial charge in [0.25, 0.3) is 5.91 Å². The van der Waals surface area contributed by atoms with Crippen LogP contribution in [0, 0.1) is 6.92 Å². The van der Waals surface area contributed by atoms with Crippen molar-refractivity contribution < 1.29 is 4.79 Å². The first kappa shape index (κ1) is 17.7. The summed E-state index contributed by atoms with van der Waals surface area (Å²) in [5.74, 6) is -0.114. The maximum absolute atomic E-state index is 12.3. The van der Waals surface area contributed by atoms with Crippen molar-refractivity contribution in [2.24, 2.45) is 0 Å². The van der Waals surface area contributed by atoms with E-state index in [0.717, 1.165) is 28.1 Å². The molecule has 0 unspecified atom stereocenters. The molecule has 5 nitrogen and oxygen atoms in total. The summed E-state index contributed by atoms with van der Waals surface area (Å²) in [6.07, 6.45) is 1.93. The van der Waals surface area contributed by atoms with E-state index in [9.17, 15) is 4.79 Å². The fourth-order valence-corrected chi connectivity index (χ4v) is 2.91. The molecule has 5 heteroatoms. The summed E-state index contributed by atoms with van der Waals surface area (Å²) in [7, 11) is 0. The molecule has 0 bridgehead atoms. The van der Waals surface area contributed by atoms with Gasteiger partial charge in [-0.2, -0.15) is 0 Å². The quantitative estimate of drug-likeness (QED) is 0.562. The van der Waals surface area contributed by atoms with Crippen molar-refractivity contribution in [1.82, 2.24) is 15.0 Å². The normalized spacial score (nSPS) is 10.6. The van der Waals surface area contributed by atoms with Crippen LogP contribution in [0.2, 0.25) is 0 Å². The summed E-state index contributed by atoms with van der Waals surface area (Å²) in [4.78, 5) is 12.3. The van der Waals surface area contributed by atoms with Crippen LogP contribution >= 0.6 is 0 Å². The van der Waals surface area contributed by atoms with E-state index in [1.54, 1.807) is 0 Å². The van der Waals surface area contributed by atoms with E-state index in [2.05, 4.69) is 15.6 Å². The summed E-state index contributed by atoms with van der Waals surface area (Å²) < 4.78 is 1.81. The van der Waals surface area contributed by atoms with E-state index < -0.39 is 0 Å². The van der Waals surface area contributed by atoms with Crippen LogP contribution in [0.3, 0.4) is 0 Å². The molecule has 1 amide bonds. The van der Waals surface area contributed by atoms with E-state index in [1.165, 1.54) is 0 Å². The lowest BCUT2D eigenvalue weighted by molar-refractivity contribution is 0.102. The van der Waals surface area contributed by atoms with Gasteiger partial charge in [0.15, 0.2) is 0 Å². The first-order chi connectivity index (χ1) is 13.7. The van der Waals surface area contributed by atoms with Crippen LogP contribution in [0.25, 0.3) is 11.3 Å². The van der Waals surface area contributed by atoms with Crippen LogP contribution in [0.1, 0.15) is 21.5 Å². The van der Waals surface area contributed by atoms with Crippen molar-refractivity contribution in [3.8, 4) is 11.3 Å². The van der Waals surface area contributed by atoms with Crippen molar-refractivity contribution in [1.29, 1.82) is 0 Å². The third-order valence-corrected chi connectivity index (χ3v) is 4.48. The fraction of sp³-hybridized carbons (Fsp3) is 0.0870. The van der Waals surface area contributed by atoms with Crippen LogP contribution in [0.4, 0.5) is 5.69 Å². The number of hydrogen-bond donors (Lipinski definition) is 1. The molecular formula is C23H20N4O. The Hall–Kier alpha value is -3.73. The average molecular weight is 368 g/mol. The molecule has 0 spiro atoms. The molecule has 4 rings (SSSR count). The van der Waals surface area contributed by atoms with Gasteiger partial charge in [-0.05, 0) is 36.8 Å². The van der Waals surface area contributed by atoms with Gasteiger partial charge in [-0.25, -0.2) is 4.68 Å². The maximum Gasteiger partial charge on any atom is 0.255 e. The summed E-state index contributed by atoms with van der Waals surface area (Å²) >= 11 is 0. The number of nitrogens with zero attached hydrogens (tertiary/aromatic N) is 3. The first-order valence-electron chi connectivity index (χ1n) is 9.10. The molecule has 1 N–H and O–H groups in total. The monoisotopic (exact) mass is 368 g/mol. The van der Waals surface area contributed by atoms with Crippen molar-refractivity contribution >= 4 is 11.6 Å². The van der Waals surface area contributed by atoms with Crippen molar-refractivity contribution in [3.05, 3.63) is 102 Å². The molecule has 0 atom stereocenters. The van der Waals surface area contributed by atoms with Crippen LogP contribution < -0.4 is 5.32 Å². The summed E-state index contributed by atoms with van der Waals surface area (Å²) in [6.45, 7) is 2.62. The second-order valence-corrected chi connectivity index (χ2v) is 6.68. The number of benzene rings is 3. The number of anilines is 1. The number of aromatic nitrogens is 3. The minimum absolute atomic E-state index is 0.114. The molecule has 0 aliphatic heterocycles. The van der Waals surface area contributed by atoms with Gasteiger partial charge < -0.3 is 5.32 Å². The van der Waals surface area contributed by atoms with Crippen LogP contribution in [-0.2, 0) is 6.54 Å². The third kappa shape index (κ3) is 4.15. The maximum atomic E-state index is 12.3. The predicted octanol–water partition coefficient (Wildman–Crippen LogP) is 4.55. The zero-order valence-corrected chi connectivity index (χ0v) is 15.5. The Labute approximate surface area is 163 Å². The van der Waals surface area contributed by atoms with Gasteiger partial charge in [-0.3, -0.25) is 4.79 Å². The molecule has 1 aromatic heterocycles. The molecule has 28 heavy (non-hydrogen) atoms. The van der Waals surface area contributed by atoms with E-state index >= 15 is 0 Å². The molecule has 0 aliphatic rings. The summed E-state index contributed by atoms with van der Waals surface area (Å²) in [6, 6.07) is 25.3. The molecule has 0 radical (unpaired) electrons. The second-order valence-electron chi connectivity index (χ2n) is 6.68. The number of rotatable bonds is 5. The molecular weight excluding hydrogens is 348 g/mol. The highest BCUT2D eigenvalue weighted by Crippen LogP contribution is 2.16. The topological polar surface area (TPSA) is 59.8 Å². The van der Waals surface area contributed by atoms with Gasteiger partial charge in [0.1, 0.15) is 5.69 Å². The Morgan fingerprint density at radius 1 is 0.929 bits per heavy atom. The van der Waals surface area contributed by atoms with Crippen molar-refractivity contribution in [2.45, 2.75) is 13.5 Å². The minimum atomic E-state index is -0.114. The first-order valence-corrected chi connectivity index (χ1v) is 9.10. The van der Waals surface area contributed by atoms with Crippen molar-refractivity contribution in [2.75, 3.05) is 5.32 Å². The van der Waals surface area contributed by atoms with Gasteiger partial charge in [0, 0.05) is 16.8 Å². The SMILES string of the molecule is Cc1ccc(C(=O)Nc2ccc(Cn3cc(-c4ccccc4)nn3)cc2)cc1. The number of carbonyl (C=O) groups is 1. The molecule has 0 saturated heterocycles. The summed E-state index contributed by atoms with van der Waals surface area (Å²) in [5.41, 5.74) is 5.51. The van der Waals surface area contributed by atoms with Gasteiger partial charge in [-0.1, -0.05) is 65.4 Å². The van der Waals surface area contributed by atoms with Crippen molar-refractivity contribution in [3.63, 3.8) is 0 Å². The Kier molecular flexibility index (Phi) is 4.97.